The van der Waals surface area contributed by atoms with Crippen LogP contribution < -0.4 is 10.2 Å². The van der Waals surface area contributed by atoms with E-state index < -0.39 is 8.03 Å². The van der Waals surface area contributed by atoms with Gasteiger partial charge in [0.05, 0.1) is 5.30 Å². The maximum atomic E-state index is 10.4. The van der Waals surface area contributed by atoms with Crippen molar-refractivity contribution in [3.63, 3.8) is 0 Å². The molecule has 0 amide bonds. The SMILES string of the molecule is C.Cc1c[c-]ccc1[P+](=O)[O-].[Y]. The fraction of sp³-hybridized carbons (Fsp3) is 0.250. The van der Waals surface area contributed by atoms with E-state index in [-0.39, 0.29) is 40.1 Å². The van der Waals surface area contributed by atoms with Crippen molar-refractivity contribution >= 4 is 13.3 Å². The van der Waals surface area contributed by atoms with Crippen LogP contribution in [0.15, 0.2) is 18.2 Å². The van der Waals surface area contributed by atoms with Crippen LogP contribution in [0, 0.1) is 13.0 Å². The Kier molecular flexibility index (Phi) is 8.50. The van der Waals surface area contributed by atoms with Gasteiger partial charge in [0, 0.05) is 32.7 Å². The molecule has 1 rings (SSSR count). The Bertz CT molecular complexity index is 263. The van der Waals surface area contributed by atoms with Gasteiger partial charge in [0.25, 0.3) is 0 Å². The minimum Gasteiger partial charge on any atom is -0.592 e. The Morgan fingerprint density at radius 2 is 2.17 bits per heavy atom. The van der Waals surface area contributed by atoms with Crippen molar-refractivity contribution < 1.29 is 42.2 Å². The van der Waals surface area contributed by atoms with Crippen molar-refractivity contribution in [2.45, 2.75) is 14.4 Å². The maximum absolute atomic E-state index is 10.4. The monoisotopic (exact) mass is 258 g/mol. The fourth-order valence-electron chi connectivity index (χ4n) is 0.710. The van der Waals surface area contributed by atoms with Crippen molar-refractivity contribution in [3.8, 4) is 0 Å². The molecule has 0 aliphatic rings. The minimum atomic E-state index is -2.44. The first kappa shape index (κ1) is 14.9. The maximum Gasteiger partial charge on any atom is 0.322 e. The summed E-state index contributed by atoms with van der Waals surface area (Å²) in [6.07, 6.45) is 0. The zero-order valence-electron chi connectivity index (χ0n) is 6.07. The summed E-state index contributed by atoms with van der Waals surface area (Å²) in [5, 5.41) is 0.383. The number of aryl methyl sites for hydroxylation is 1. The summed E-state index contributed by atoms with van der Waals surface area (Å²) in [6, 6.07) is 7.58. The van der Waals surface area contributed by atoms with Crippen molar-refractivity contribution in [3.05, 3.63) is 29.8 Å². The van der Waals surface area contributed by atoms with Crippen LogP contribution in [0.2, 0.25) is 0 Å². The minimum absolute atomic E-state index is 0. The van der Waals surface area contributed by atoms with Crippen molar-refractivity contribution in [1.29, 1.82) is 0 Å². The summed E-state index contributed by atoms with van der Waals surface area (Å²) in [7, 11) is -2.44. The van der Waals surface area contributed by atoms with Crippen LogP contribution in [0.4, 0.5) is 0 Å². The molecule has 0 heterocycles. The molecule has 1 aromatic rings. The van der Waals surface area contributed by atoms with E-state index in [9.17, 15) is 9.46 Å². The topological polar surface area (TPSA) is 40.1 Å². The Balaban J connectivity index is 0. The molecule has 1 atom stereocenters. The molecule has 0 saturated carbocycles. The Morgan fingerprint density at radius 1 is 1.58 bits per heavy atom. The van der Waals surface area contributed by atoms with Gasteiger partial charge >= 0.3 is 8.03 Å². The zero-order valence-corrected chi connectivity index (χ0v) is 9.81. The molecule has 1 unspecified atom stereocenters. The van der Waals surface area contributed by atoms with Crippen LogP contribution in [0.3, 0.4) is 0 Å². The second-order valence-electron chi connectivity index (χ2n) is 1.97. The summed E-state index contributed by atoms with van der Waals surface area (Å²) in [5.41, 5.74) is 0.749. The smallest absolute Gasteiger partial charge is 0.322 e. The summed E-state index contributed by atoms with van der Waals surface area (Å²) in [4.78, 5) is 10.4. The van der Waals surface area contributed by atoms with E-state index in [1.807, 2.05) is 0 Å². The molecule has 12 heavy (non-hydrogen) atoms. The fourth-order valence-corrected chi connectivity index (χ4v) is 1.26. The van der Waals surface area contributed by atoms with Crippen LogP contribution in [-0.2, 0) is 37.3 Å². The number of hydrogen-bond donors (Lipinski definition) is 0. The van der Waals surface area contributed by atoms with E-state index in [1.165, 1.54) is 0 Å². The quantitative estimate of drug-likeness (QED) is 0.560. The molecule has 1 radical (unpaired) electrons. The van der Waals surface area contributed by atoms with Crippen LogP contribution in [-0.4, -0.2) is 0 Å². The van der Waals surface area contributed by atoms with E-state index in [0.29, 0.717) is 5.30 Å². The Labute approximate surface area is 99.1 Å². The molecule has 0 aliphatic carbocycles. The van der Waals surface area contributed by atoms with Gasteiger partial charge in [-0.2, -0.15) is 18.2 Å². The van der Waals surface area contributed by atoms with Crippen LogP contribution in [0.25, 0.3) is 0 Å². The molecule has 4 heteroatoms. The first-order valence-electron chi connectivity index (χ1n) is 2.83. The largest absolute Gasteiger partial charge is 0.592 e. The van der Waals surface area contributed by atoms with E-state index in [0.717, 1.165) is 5.56 Å². The van der Waals surface area contributed by atoms with Crippen molar-refractivity contribution in [2.24, 2.45) is 0 Å². The van der Waals surface area contributed by atoms with Gasteiger partial charge in [0.2, 0.25) is 0 Å². The molecule has 2 nitrogen and oxygen atoms in total. The van der Waals surface area contributed by atoms with Gasteiger partial charge in [-0.25, -0.2) is 0 Å². The Hall–Kier alpha value is 0.384. The summed E-state index contributed by atoms with van der Waals surface area (Å²) >= 11 is 0. The van der Waals surface area contributed by atoms with Crippen LogP contribution in [0.1, 0.15) is 13.0 Å². The molecule has 0 aliphatic heterocycles. The molecular formula is C8H10O2PY-. The Morgan fingerprint density at radius 3 is 2.50 bits per heavy atom. The third kappa shape index (κ3) is 3.86. The summed E-state index contributed by atoms with van der Waals surface area (Å²) in [6.45, 7) is 1.75. The average Bonchev–Trinajstić information content (AvgIpc) is 1.88. The molecule has 1 aromatic carbocycles. The zero-order chi connectivity index (χ0) is 7.56. The third-order valence-electron chi connectivity index (χ3n) is 1.24. The first-order valence-corrected chi connectivity index (χ1v) is 4.00. The van der Waals surface area contributed by atoms with Gasteiger partial charge in [-0.15, -0.1) is 11.6 Å². The molecular weight excluding hydrogens is 248 g/mol. The van der Waals surface area contributed by atoms with E-state index in [4.69, 9.17) is 0 Å². The predicted octanol–water partition coefficient (Wildman–Crippen LogP) is 1.16. The molecule has 0 spiro atoms. The second-order valence-corrected chi connectivity index (χ2v) is 2.97. The third-order valence-corrected chi connectivity index (χ3v) is 2.13. The molecule has 0 N–H and O–H groups in total. The summed E-state index contributed by atoms with van der Waals surface area (Å²) in [5.74, 6) is 0. The normalized spacial score (nSPS) is 9.33. The summed E-state index contributed by atoms with van der Waals surface area (Å²) < 4.78 is 10.4. The van der Waals surface area contributed by atoms with Gasteiger partial charge in [-0.3, -0.25) is 0 Å². The van der Waals surface area contributed by atoms with Gasteiger partial charge < -0.3 is 4.89 Å². The van der Waals surface area contributed by atoms with Crippen molar-refractivity contribution in [2.75, 3.05) is 0 Å². The molecule has 0 saturated heterocycles. The molecule has 0 aromatic heterocycles. The van der Waals surface area contributed by atoms with Gasteiger partial charge in [0.1, 0.15) is 0 Å². The van der Waals surface area contributed by atoms with E-state index in [2.05, 4.69) is 6.07 Å². The predicted molar refractivity (Wildman–Crippen MR) is 44.0 cm³/mol. The van der Waals surface area contributed by atoms with Gasteiger partial charge in [-0.05, 0) is 0 Å². The number of rotatable bonds is 1. The van der Waals surface area contributed by atoms with Gasteiger partial charge in [-0.1, -0.05) is 18.9 Å². The second kappa shape index (κ2) is 6.85. The first-order chi connectivity index (χ1) is 4.72. The van der Waals surface area contributed by atoms with Crippen molar-refractivity contribution in [1.82, 2.24) is 0 Å². The van der Waals surface area contributed by atoms with E-state index in [1.54, 1.807) is 25.1 Å². The number of benzene rings is 1. The molecule has 0 bridgehead atoms. The standard InChI is InChI=1S/C7H6O2P.CH4.Y/c1-6-4-2-3-5-7(6)10(8)9;;/h3-5H,1H3;1H4;/q-1;;. The van der Waals surface area contributed by atoms with Gasteiger partial charge in [0.15, 0.2) is 0 Å². The van der Waals surface area contributed by atoms with E-state index >= 15 is 0 Å². The van der Waals surface area contributed by atoms with Crippen LogP contribution in [0.5, 0.6) is 0 Å². The molecule has 63 valence electrons. The average molecular weight is 258 g/mol. The van der Waals surface area contributed by atoms with Crippen LogP contribution >= 0.6 is 8.03 Å². The molecule has 0 fully saturated rings. The number of hydrogen-bond acceptors (Lipinski definition) is 2.